The second-order valence-corrected chi connectivity index (χ2v) is 7.88. The number of hydrogen-bond acceptors (Lipinski definition) is 4. The molecule has 3 amide bonds. The van der Waals surface area contributed by atoms with E-state index in [1.54, 1.807) is 20.8 Å². The van der Waals surface area contributed by atoms with Crippen LogP contribution in [-0.2, 0) is 14.3 Å². The first-order valence-corrected chi connectivity index (χ1v) is 7.95. The number of nitrogens with zero attached hydrogens (tertiary/aromatic N) is 2. The van der Waals surface area contributed by atoms with E-state index in [9.17, 15) is 27.6 Å². The number of carbonyl (C=O) groups is 3. The van der Waals surface area contributed by atoms with Crippen molar-refractivity contribution in [3.63, 3.8) is 0 Å². The van der Waals surface area contributed by atoms with Gasteiger partial charge in [-0.1, -0.05) is 0 Å². The van der Waals surface area contributed by atoms with Gasteiger partial charge in [-0.05, 0) is 48.5 Å². The van der Waals surface area contributed by atoms with Crippen molar-refractivity contribution < 1.29 is 32.3 Å². The standard InChI is InChI=1S/C16H25F3N2O4/c1-8-25-12(23)9(16(17,18)19)10-11(22)21(15(5,6)7)13(24)20(10)14(2,3)4/h9-10H,8H2,1-7H3. The van der Waals surface area contributed by atoms with Gasteiger partial charge in [-0.3, -0.25) is 14.5 Å². The van der Waals surface area contributed by atoms with Gasteiger partial charge in [-0.15, -0.1) is 0 Å². The molecule has 0 radical (unpaired) electrons. The molecule has 9 heteroatoms. The highest BCUT2D eigenvalue weighted by atomic mass is 19.4. The summed E-state index contributed by atoms with van der Waals surface area (Å²) in [4.78, 5) is 39.1. The molecule has 0 aromatic heterocycles. The van der Waals surface area contributed by atoms with Crippen molar-refractivity contribution in [2.75, 3.05) is 6.61 Å². The maximum Gasteiger partial charge on any atom is 0.404 e. The lowest BCUT2D eigenvalue weighted by Gasteiger charge is -2.38. The summed E-state index contributed by atoms with van der Waals surface area (Å²) in [5.41, 5.74) is -2.13. The molecule has 0 aromatic carbocycles. The Morgan fingerprint density at radius 3 is 1.88 bits per heavy atom. The fraction of sp³-hybridized carbons (Fsp3) is 0.812. The number of imide groups is 1. The summed E-state index contributed by atoms with van der Waals surface area (Å²) in [5, 5.41) is 0. The van der Waals surface area contributed by atoms with Gasteiger partial charge in [0.25, 0.3) is 5.91 Å². The van der Waals surface area contributed by atoms with Gasteiger partial charge in [0.2, 0.25) is 0 Å². The Kier molecular flexibility index (Phi) is 5.52. The monoisotopic (exact) mass is 366 g/mol. The van der Waals surface area contributed by atoms with Crippen LogP contribution in [0.2, 0.25) is 0 Å². The van der Waals surface area contributed by atoms with E-state index in [4.69, 9.17) is 0 Å². The number of amides is 3. The first kappa shape index (κ1) is 21.2. The van der Waals surface area contributed by atoms with E-state index in [1.165, 1.54) is 27.7 Å². The molecule has 1 heterocycles. The highest BCUT2D eigenvalue weighted by Gasteiger charge is 2.63. The molecule has 0 aliphatic carbocycles. The zero-order chi connectivity index (χ0) is 20.0. The summed E-state index contributed by atoms with van der Waals surface area (Å²) in [7, 11) is 0. The van der Waals surface area contributed by atoms with Crippen LogP contribution in [0.15, 0.2) is 0 Å². The molecule has 0 saturated carbocycles. The molecular formula is C16H25F3N2O4. The highest BCUT2D eigenvalue weighted by molar-refractivity contribution is 6.07. The predicted octanol–water partition coefficient (Wildman–Crippen LogP) is 2.96. The largest absolute Gasteiger partial charge is 0.465 e. The molecule has 0 spiro atoms. The number of halogens is 3. The molecule has 2 atom stereocenters. The normalized spacial score (nSPS) is 21.0. The average molecular weight is 366 g/mol. The molecule has 1 aliphatic heterocycles. The van der Waals surface area contributed by atoms with Crippen LogP contribution in [-0.4, -0.2) is 57.6 Å². The van der Waals surface area contributed by atoms with Gasteiger partial charge in [0.05, 0.1) is 6.61 Å². The van der Waals surface area contributed by atoms with Crippen LogP contribution in [0.4, 0.5) is 18.0 Å². The van der Waals surface area contributed by atoms with E-state index >= 15 is 0 Å². The van der Waals surface area contributed by atoms with Gasteiger partial charge < -0.3 is 9.64 Å². The van der Waals surface area contributed by atoms with Crippen LogP contribution >= 0.6 is 0 Å². The fourth-order valence-corrected chi connectivity index (χ4v) is 2.85. The van der Waals surface area contributed by atoms with Gasteiger partial charge in [-0.2, -0.15) is 13.2 Å². The molecule has 25 heavy (non-hydrogen) atoms. The van der Waals surface area contributed by atoms with Crippen molar-refractivity contribution in [2.24, 2.45) is 5.92 Å². The zero-order valence-electron chi connectivity index (χ0n) is 15.5. The molecular weight excluding hydrogens is 341 g/mol. The third-order valence-electron chi connectivity index (χ3n) is 3.75. The molecule has 6 nitrogen and oxygen atoms in total. The Bertz CT molecular complexity index is 561. The van der Waals surface area contributed by atoms with Gasteiger partial charge >= 0.3 is 18.2 Å². The molecule has 1 aliphatic rings. The smallest absolute Gasteiger partial charge is 0.404 e. The first-order chi connectivity index (χ1) is 11.0. The van der Waals surface area contributed by atoms with E-state index in [2.05, 4.69) is 4.74 Å². The first-order valence-electron chi connectivity index (χ1n) is 7.95. The van der Waals surface area contributed by atoms with Crippen LogP contribution in [0.5, 0.6) is 0 Å². The Balaban J connectivity index is 3.56. The third-order valence-corrected chi connectivity index (χ3v) is 3.75. The summed E-state index contributed by atoms with van der Waals surface area (Å²) >= 11 is 0. The van der Waals surface area contributed by atoms with E-state index in [-0.39, 0.29) is 6.61 Å². The Morgan fingerprint density at radius 2 is 1.56 bits per heavy atom. The van der Waals surface area contributed by atoms with Crippen LogP contribution < -0.4 is 0 Å². The average Bonchev–Trinajstić information content (AvgIpc) is 2.58. The Labute approximate surface area is 145 Å². The van der Waals surface area contributed by atoms with Crippen molar-refractivity contribution in [1.82, 2.24) is 9.80 Å². The summed E-state index contributed by atoms with van der Waals surface area (Å²) in [6, 6.07) is -2.85. The topological polar surface area (TPSA) is 66.9 Å². The molecule has 1 saturated heterocycles. The lowest BCUT2D eigenvalue weighted by atomic mass is 9.93. The molecule has 0 bridgehead atoms. The predicted molar refractivity (Wildman–Crippen MR) is 83.6 cm³/mol. The van der Waals surface area contributed by atoms with Crippen molar-refractivity contribution in [2.45, 2.75) is 71.8 Å². The number of esters is 1. The molecule has 1 fully saturated rings. The summed E-state index contributed by atoms with van der Waals surface area (Å²) in [6.45, 7) is 10.3. The van der Waals surface area contributed by atoms with Crippen LogP contribution in [0.3, 0.4) is 0 Å². The lowest BCUT2D eigenvalue weighted by Crippen LogP contribution is -2.56. The number of hydrogen-bond donors (Lipinski definition) is 0. The minimum atomic E-state index is -5.04. The van der Waals surface area contributed by atoms with Crippen molar-refractivity contribution in [3.8, 4) is 0 Å². The van der Waals surface area contributed by atoms with Gasteiger partial charge in [0.15, 0.2) is 5.92 Å². The van der Waals surface area contributed by atoms with E-state index in [0.717, 1.165) is 9.80 Å². The third kappa shape index (κ3) is 4.07. The van der Waals surface area contributed by atoms with E-state index in [0.29, 0.717) is 0 Å². The van der Waals surface area contributed by atoms with E-state index < -0.39 is 47.1 Å². The van der Waals surface area contributed by atoms with Crippen LogP contribution in [0.25, 0.3) is 0 Å². The maximum absolute atomic E-state index is 13.6. The SMILES string of the molecule is CCOC(=O)C(C1C(=O)N(C(C)(C)C)C(=O)N1C(C)(C)C)C(F)(F)F. The van der Waals surface area contributed by atoms with Crippen LogP contribution in [0, 0.1) is 5.92 Å². The van der Waals surface area contributed by atoms with Crippen molar-refractivity contribution in [1.29, 1.82) is 0 Å². The minimum Gasteiger partial charge on any atom is -0.465 e. The van der Waals surface area contributed by atoms with Gasteiger partial charge in [0.1, 0.15) is 6.04 Å². The summed E-state index contributed by atoms with van der Waals surface area (Å²) in [6.07, 6.45) is -5.04. The van der Waals surface area contributed by atoms with Crippen molar-refractivity contribution >= 4 is 17.9 Å². The molecule has 0 aromatic rings. The Morgan fingerprint density at radius 1 is 1.08 bits per heavy atom. The second kappa shape index (κ2) is 6.49. The quantitative estimate of drug-likeness (QED) is 0.569. The molecule has 0 N–H and O–H groups in total. The summed E-state index contributed by atoms with van der Waals surface area (Å²) in [5.74, 6) is -5.36. The number of alkyl halides is 3. The zero-order valence-corrected chi connectivity index (χ0v) is 15.5. The maximum atomic E-state index is 13.6. The minimum absolute atomic E-state index is 0.265. The fourth-order valence-electron chi connectivity index (χ4n) is 2.85. The lowest BCUT2D eigenvalue weighted by molar-refractivity contribution is -0.208. The number of carbonyl (C=O) groups excluding carboxylic acids is 3. The number of ether oxygens (including phenoxy) is 1. The summed E-state index contributed by atoms with van der Waals surface area (Å²) < 4.78 is 45.4. The molecule has 1 rings (SSSR count). The second-order valence-electron chi connectivity index (χ2n) is 7.88. The number of urea groups is 1. The van der Waals surface area contributed by atoms with E-state index in [1.807, 2.05) is 0 Å². The number of rotatable bonds is 3. The van der Waals surface area contributed by atoms with Gasteiger partial charge in [-0.25, -0.2) is 4.79 Å². The molecule has 144 valence electrons. The highest BCUT2D eigenvalue weighted by Crippen LogP contribution is 2.41. The van der Waals surface area contributed by atoms with Crippen LogP contribution in [0.1, 0.15) is 48.5 Å². The molecule has 2 unspecified atom stereocenters. The Hall–Kier alpha value is -1.80. The van der Waals surface area contributed by atoms with Crippen molar-refractivity contribution in [3.05, 3.63) is 0 Å². The van der Waals surface area contributed by atoms with Gasteiger partial charge in [0, 0.05) is 11.1 Å².